The van der Waals surface area contributed by atoms with Crippen LogP contribution in [0.3, 0.4) is 0 Å². The van der Waals surface area contributed by atoms with E-state index in [0.29, 0.717) is 5.56 Å². The Morgan fingerprint density at radius 1 is 1.42 bits per heavy atom. The van der Waals surface area contributed by atoms with E-state index in [9.17, 15) is 14.3 Å². The SMILES string of the molecule is CSc1ccc(C(O)C(CF)NC(=O)C(Cl)Cl)cc1. The molecule has 1 aromatic rings. The van der Waals surface area contributed by atoms with Crippen molar-refractivity contribution in [2.45, 2.75) is 21.9 Å². The van der Waals surface area contributed by atoms with Gasteiger partial charge in [-0.25, -0.2) is 4.39 Å². The second-order valence-electron chi connectivity index (χ2n) is 3.79. The lowest BCUT2D eigenvalue weighted by Crippen LogP contribution is -2.43. The molecule has 3 nitrogen and oxygen atoms in total. The fraction of sp³-hybridized carbons (Fsp3) is 0.417. The van der Waals surface area contributed by atoms with Gasteiger partial charge in [0.15, 0.2) is 4.84 Å². The Balaban J connectivity index is 2.76. The van der Waals surface area contributed by atoms with Gasteiger partial charge in [0.2, 0.25) is 0 Å². The van der Waals surface area contributed by atoms with Gasteiger partial charge in [0.05, 0.1) is 6.04 Å². The van der Waals surface area contributed by atoms with Gasteiger partial charge in [-0.05, 0) is 24.0 Å². The van der Waals surface area contributed by atoms with Crippen LogP contribution in [0.1, 0.15) is 11.7 Å². The van der Waals surface area contributed by atoms with E-state index in [0.717, 1.165) is 4.90 Å². The molecule has 0 spiro atoms. The van der Waals surface area contributed by atoms with E-state index in [1.807, 2.05) is 18.4 Å². The van der Waals surface area contributed by atoms with Crippen LogP contribution < -0.4 is 5.32 Å². The number of amides is 1. The van der Waals surface area contributed by atoms with E-state index >= 15 is 0 Å². The zero-order chi connectivity index (χ0) is 14.4. The van der Waals surface area contributed by atoms with Gasteiger partial charge in [-0.3, -0.25) is 4.79 Å². The molecular weight excluding hydrogens is 312 g/mol. The van der Waals surface area contributed by atoms with E-state index in [1.54, 1.807) is 23.9 Å². The fourth-order valence-corrected chi connectivity index (χ4v) is 2.02. The highest BCUT2D eigenvalue weighted by atomic mass is 35.5. The number of thioether (sulfide) groups is 1. The summed E-state index contributed by atoms with van der Waals surface area (Å²) in [6, 6.07) is 5.92. The molecule has 0 bridgehead atoms. The highest BCUT2D eigenvalue weighted by Crippen LogP contribution is 2.21. The summed E-state index contributed by atoms with van der Waals surface area (Å²) >= 11 is 12.3. The zero-order valence-corrected chi connectivity index (χ0v) is 12.5. The van der Waals surface area contributed by atoms with Crippen LogP contribution >= 0.6 is 35.0 Å². The molecule has 1 aromatic carbocycles. The van der Waals surface area contributed by atoms with E-state index in [-0.39, 0.29) is 0 Å². The van der Waals surface area contributed by atoms with Gasteiger partial charge in [-0.2, -0.15) is 0 Å². The van der Waals surface area contributed by atoms with Gasteiger partial charge in [-0.15, -0.1) is 11.8 Å². The first kappa shape index (κ1) is 16.6. The van der Waals surface area contributed by atoms with E-state index < -0.39 is 29.6 Å². The molecule has 0 aliphatic rings. The molecule has 19 heavy (non-hydrogen) atoms. The summed E-state index contributed by atoms with van der Waals surface area (Å²) < 4.78 is 12.9. The molecule has 0 aromatic heterocycles. The van der Waals surface area contributed by atoms with Crippen molar-refractivity contribution in [3.8, 4) is 0 Å². The van der Waals surface area contributed by atoms with Crippen LogP contribution in [0.25, 0.3) is 0 Å². The van der Waals surface area contributed by atoms with Crippen molar-refractivity contribution in [2.75, 3.05) is 12.9 Å². The van der Waals surface area contributed by atoms with Crippen molar-refractivity contribution in [1.82, 2.24) is 5.32 Å². The Hall–Kier alpha value is -0.490. The van der Waals surface area contributed by atoms with Crippen molar-refractivity contribution < 1.29 is 14.3 Å². The predicted octanol–water partition coefficient (Wildman–Crippen LogP) is 2.70. The van der Waals surface area contributed by atoms with Crippen LogP contribution in [0.15, 0.2) is 29.2 Å². The molecule has 2 unspecified atom stereocenters. The molecule has 0 saturated heterocycles. The Morgan fingerprint density at radius 2 is 2.00 bits per heavy atom. The van der Waals surface area contributed by atoms with E-state index in [1.165, 1.54) is 0 Å². The summed E-state index contributed by atoms with van der Waals surface area (Å²) in [5.74, 6) is -0.731. The zero-order valence-electron chi connectivity index (χ0n) is 10.1. The van der Waals surface area contributed by atoms with Crippen LogP contribution in [-0.2, 0) is 4.79 Å². The van der Waals surface area contributed by atoms with Crippen LogP contribution in [-0.4, -0.2) is 34.8 Å². The normalized spacial score (nSPS) is 14.2. The van der Waals surface area contributed by atoms with Crippen molar-refractivity contribution >= 4 is 40.9 Å². The van der Waals surface area contributed by atoms with Gasteiger partial charge in [0, 0.05) is 4.90 Å². The minimum absolute atomic E-state index is 0.515. The maximum Gasteiger partial charge on any atom is 0.253 e. The summed E-state index contributed by atoms with van der Waals surface area (Å²) in [7, 11) is 0. The van der Waals surface area contributed by atoms with Crippen LogP contribution in [0.2, 0.25) is 0 Å². The van der Waals surface area contributed by atoms with Crippen LogP contribution in [0.5, 0.6) is 0 Å². The number of benzene rings is 1. The number of aliphatic hydroxyl groups excluding tert-OH is 1. The monoisotopic (exact) mass is 325 g/mol. The standard InChI is InChI=1S/C12H14Cl2FNO2S/c1-19-8-4-2-7(3-5-8)10(17)9(6-15)16-12(18)11(13)14/h2-5,9-11,17H,6H2,1H3,(H,16,18). The topological polar surface area (TPSA) is 49.3 Å². The minimum Gasteiger partial charge on any atom is -0.386 e. The Kier molecular flexibility index (Phi) is 6.93. The molecule has 1 amide bonds. The van der Waals surface area contributed by atoms with Gasteiger partial charge in [0.25, 0.3) is 5.91 Å². The Labute approximate surface area is 125 Å². The summed E-state index contributed by atoms with van der Waals surface area (Å²) in [6.07, 6.45) is 0.772. The molecule has 0 heterocycles. The van der Waals surface area contributed by atoms with Crippen molar-refractivity contribution in [2.24, 2.45) is 0 Å². The fourth-order valence-electron chi connectivity index (χ4n) is 1.48. The third-order valence-corrected chi connectivity index (χ3v) is 3.67. The molecule has 1 rings (SSSR count). The molecule has 0 fully saturated rings. The number of aliphatic hydroxyl groups is 1. The molecular formula is C12H14Cl2FNO2S. The Morgan fingerprint density at radius 3 is 2.42 bits per heavy atom. The lowest BCUT2D eigenvalue weighted by atomic mass is 10.0. The minimum atomic E-state index is -1.29. The number of carbonyl (C=O) groups excluding carboxylic acids is 1. The molecule has 7 heteroatoms. The molecule has 0 aliphatic heterocycles. The highest BCUT2D eigenvalue weighted by molar-refractivity contribution is 7.98. The predicted molar refractivity (Wildman–Crippen MR) is 76.6 cm³/mol. The quantitative estimate of drug-likeness (QED) is 0.624. The summed E-state index contributed by atoms with van der Waals surface area (Å²) in [6.45, 7) is -0.919. The maximum atomic E-state index is 12.9. The molecule has 2 atom stereocenters. The number of halogens is 3. The van der Waals surface area contributed by atoms with Gasteiger partial charge >= 0.3 is 0 Å². The first-order valence-electron chi connectivity index (χ1n) is 5.46. The lowest BCUT2D eigenvalue weighted by Gasteiger charge is -2.22. The Bertz CT molecular complexity index is 417. The number of hydrogen-bond donors (Lipinski definition) is 2. The van der Waals surface area contributed by atoms with Gasteiger partial charge in [0.1, 0.15) is 12.8 Å². The summed E-state index contributed by atoms with van der Waals surface area (Å²) in [5.41, 5.74) is 0.515. The van der Waals surface area contributed by atoms with Gasteiger partial charge < -0.3 is 10.4 Å². The number of rotatable bonds is 6. The average Bonchev–Trinajstić information content (AvgIpc) is 2.43. The number of carbonyl (C=O) groups is 1. The molecule has 0 saturated carbocycles. The average molecular weight is 326 g/mol. The number of hydrogen-bond acceptors (Lipinski definition) is 3. The first-order valence-corrected chi connectivity index (χ1v) is 7.55. The van der Waals surface area contributed by atoms with Crippen molar-refractivity contribution in [1.29, 1.82) is 0 Å². The van der Waals surface area contributed by atoms with E-state index in [2.05, 4.69) is 5.32 Å². The largest absolute Gasteiger partial charge is 0.386 e. The third-order valence-electron chi connectivity index (χ3n) is 2.53. The summed E-state index contributed by atoms with van der Waals surface area (Å²) in [5, 5.41) is 12.3. The second-order valence-corrected chi connectivity index (χ2v) is 5.76. The van der Waals surface area contributed by atoms with Gasteiger partial charge in [-0.1, -0.05) is 35.3 Å². The lowest BCUT2D eigenvalue weighted by molar-refractivity contribution is -0.121. The van der Waals surface area contributed by atoms with Crippen LogP contribution in [0.4, 0.5) is 4.39 Å². The smallest absolute Gasteiger partial charge is 0.253 e. The number of alkyl halides is 3. The molecule has 0 radical (unpaired) electrons. The number of nitrogens with one attached hydrogen (secondary N) is 1. The molecule has 106 valence electrons. The van der Waals surface area contributed by atoms with Crippen molar-refractivity contribution in [3.05, 3.63) is 29.8 Å². The second kappa shape index (κ2) is 7.94. The van der Waals surface area contributed by atoms with Crippen LogP contribution in [0, 0.1) is 0 Å². The molecule has 0 aliphatic carbocycles. The third kappa shape index (κ3) is 4.84. The maximum absolute atomic E-state index is 12.9. The summed E-state index contributed by atoms with van der Waals surface area (Å²) in [4.78, 5) is 11.0. The van der Waals surface area contributed by atoms with Crippen molar-refractivity contribution in [3.63, 3.8) is 0 Å². The first-order chi connectivity index (χ1) is 8.99. The van der Waals surface area contributed by atoms with E-state index in [4.69, 9.17) is 23.2 Å². The highest BCUT2D eigenvalue weighted by Gasteiger charge is 2.24. The molecule has 2 N–H and O–H groups in total.